The van der Waals surface area contributed by atoms with Gasteiger partial charge >= 0.3 is 0 Å². The lowest BCUT2D eigenvalue weighted by Crippen LogP contribution is -2.01. The second-order valence-electron chi connectivity index (χ2n) is 4.57. The molecule has 0 N–H and O–H groups in total. The van der Waals surface area contributed by atoms with Crippen LogP contribution >= 0.6 is 11.6 Å². The summed E-state index contributed by atoms with van der Waals surface area (Å²) in [6.45, 7) is 8.88. The molecule has 0 unspecified atom stereocenters. The van der Waals surface area contributed by atoms with E-state index < -0.39 is 0 Å². The van der Waals surface area contributed by atoms with Crippen LogP contribution in [-0.2, 0) is 6.42 Å². The third kappa shape index (κ3) is 2.75. The van der Waals surface area contributed by atoms with Gasteiger partial charge in [0.2, 0.25) is 0 Å². The van der Waals surface area contributed by atoms with Crippen molar-refractivity contribution in [2.75, 3.05) is 0 Å². The average Bonchev–Trinajstić information content (AvgIpc) is 2.01. The first kappa shape index (κ1) is 11.6. The van der Waals surface area contributed by atoms with E-state index in [2.05, 4.69) is 33.8 Å². The molecule has 0 fully saturated rings. The minimum absolute atomic E-state index is 0.512. The third-order valence-corrected chi connectivity index (χ3v) is 2.68. The molecule has 0 aliphatic carbocycles. The van der Waals surface area contributed by atoms with Gasteiger partial charge in [0.1, 0.15) is 0 Å². The van der Waals surface area contributed by atoms with E-state index in [4.69, 9.17) is 11.6 Å². The molecule has 0 spiro atoms. The van der Waals surface area contributed by atoms with Gasteiger partial charge in [-0.2, -0.15) is 0 Å². The largest absolute Gasteiger partial charge is 0.0840 e. The molecule has 14 heavy (non-hydrogen) atoms. The molecule has 0 nitrogen and oxygen atoms in total. The van der Waals surface area contributed by atoms with Crippen LogP contribution in [0.3, 0.4) is 0 Å². The topological polar surface area (TPSA) is 0 Å². The number of hydrogen-bond acceptors (Lipinski definition) is 0. The predicted molar refractivity (Wildman–Crippen MR) is 64.1 cm³/mol. The molecule has 0 aromatic heterocycles. The lowest BCUT2D eigenvalue weighted by atomic mass is 9.92. The van der Waals surface area contributed by atoms with Gasteiger partial charge in [0.15, 0.2) is 0 Å². The van der Waals surface area contributed by atoms with Crippen molar-refractivity contribution in [3.63, 3.8) is 0 Å². The Morgan fingerprint density at radius 3 is 2.29 bits per heavy atom. The molecule has 0 heterocycles. The lowest BCUT2D eigenvalue weighted by Gasteiger charge is -2.16. The van der Waals surface area contributed by atoms with Crippen molar-refractivity contribution in [1.82, 2.24) is 0 Å². The Morgan fingerprint density at radius 1 is 1.14 bits per heavy atom. The molecular weight excluding hydrogens is 192 g/mol. The molecule has 0 bridgehead atoms. The number of halogens is 1. The van der Waals surface area contributed by atoms with Crippen LogP contribution in [0.5, 0.6) is 0 Å². The fourth-order valence-corrected chi connectivity index (χ4v) is 2.26. The van der Waals surface area contributed by atoms with Gasteiger partial charge in [0, 0.05) is 5.02 Å². The van der Waals surface area contributed by atoms with Crippen LogP contribution in [-0.4, -0.2) is 0 Å². The normalized spacial score (nSPS) is 11.4. The lowest BCUT2D eigenvalue weighted by molar-refractivity contribution is 0.638. The monoisotopic (exact) mass is 210 g/mol. The van der Waals surface area contributed by atoms with E-state index in [9.17, 15) is 0 Å². The number of rotatable bonds is 3. The van der Waals surface area contributed by atoms with Crippen LogP contribution in [0.15, 0.2) is 18.2 Å². The van der Waals surface area contributed by atoms with Gasteiger partial charge in [-0.1, -0.05) is 51.4 Å². The summed E-state index contributed by atoms with van der Waals surface area (Å²) in [5.41, 5.74) is 2.73. The minimum Gasteiger partial charge on any atom is -0.0840 e. The highest BCUT2D eigenvalue weighted by Gasteiger charge is 2.11. The summed E-state index contributed by atoms with van der Waals surface area (Å²) in [6, 6.07) is 6.23. The van der Waals surface area contributed by atoms with Crippen LogP contribution < -0.4 is 0 Å². The van der Waals surface area contributed by atoms with Crippen LogP contribution in [0.2, 0.25) is 5.02 Å². The zero-order valence-corrected chi connectivity index (χ0v) is 10.2. The quantitative estimate of drug-likeness (QED) is 0.681. The zero-order valence-electron chi connectivity index (χ0n) is 9.47. The molecule has 1 aromatic carbocycles. The summed E-state index contributed by atoms with van der Waals surface area (Å²) < 4.78 is 0. The summed E-state index contributed by atoms with van der Waals surface area (Å²) in [4.78, 5) is 0. The molecule has 0 amide bonds. The van der Waals surface area contributed by atoms with Gasteiger partial charge in [-0.15, -0.1) is 0 Å². The van der Waals surface area contributed by atoms with Crippen LogP contribution in [0, 0.1) is 5.92 Å². The summed E-state index contributed by atoms with van der Waals surface area (Å²) in [5.74, 6) is 1.20. The van der Waals surface area contributed by atoms with Crippen molar-refractivity contribution in [3.05, 3.63) is 34.3 Å². The Morgan fingerprint density at radius 2 is 1.79 bits per heavy atom. The summed E-state index contributed by atoms with van der Waals surface area (Å²) in [7, 11) is 0. The first-order valence-corrected chi connectivity index (χ1v) is 5.67. The fourth-order valence-electron chi connectivity index (χ4n) is 1.85. The summed E-state index contributed by atoms with van der Waals surface area (Å²) >= 11 is 6.21. The molecule has 0 atom stereocenters. The zero-order chi connectivity index (χ0) is 10.7. The molecule has 1 heteroatoms. The standard InChI is InChI=1S/C13H19Cl/c1-9(2)8-11-6-5-7-12(14)13(11)10(3)4/h5-7,9-10H,8H2,1-4H3. The third-order valence-electron chi connectivity index (χ3n) is 2.35. The molecule has 0 saturated heterocycles. The Hall–Kier alpha value is -0.490. The van der Waals surface area contributed by atoms with Crippen molar-refractivity contribution < 1.29 is 0 Å². The Kier molecular flexibility index (Phi) is 4.00. The Balaban J connectivity index is 3.08. The Bertz CT molecular complexity index is 300. The second-order valence-corrected chi connectivity index (χ2v) is 4.97. The SMILES string of the molecule is CC(C)Cc1cccc(Cl)c1C(C)C. The molecule has 0 saturated carbocycles. The highest BCUT2D eigenvalue weighted by molar-refractivity contribution is 6.31. The van der Waals surface area contributed by atoms with Gasteiger partial charge in [-0.05, 0) is 35.4 Å². The maximum Gasteiger partial charge on any atom is 0.0443 e. The van der Waals surface area contributed by atoms with Crippen molar-refractivity contribution in [2.24, 2.45) is 5.92 Å². The number of benzene rings is 1. The van der Waals surface area contributed by atoms with E-state index in [-0.39, 0.29) is 0 Å². The van der Waals surface area contributed by atoms with E-state index in [1.165, 1.54) is 11.1 Å². The molecule has 0 aliphatic heterocycles. The fraction of sp³-hybridized carbons (Fsp3) is 0.538. The van der Waals surface area contributed by atoms with Crippen LogP contribution in [0.25, 0.3) is 0 Å². The first-order valence-electron chi connectivity index (χ1n) is 5.29. The molecule has 78 valence electrons. The van der Waals surface area contributed by atoms with E-state index in [0.29, 0.717) is 11.8 Å². The molecular formula is C13H19Cl. The van der Waals surface area contributed by atoms with Crippen LogP contribution in [0.1, 0.15) is 44.7 Å². The first-order chi connectivity index (χ1) is 6.52. The average molecular weight is 211 g/mol. The van der Waals surface area contributed by atoms with Crippen molar-refractivity contribution in [2.45, 2.75) is 40.0 Å². The van der Waals surface area contributed by atoms with Gasteiger partial charge in [0.05, 0.1) is 0 Å². The van der Waals surface area contributed by atoms with Crippen LogP contribution in [0.4, 0.5) is 0 Å². The smallest absolute Gasteiger partial charge is 0.0443 e. The van der Waals surface area contributed by atoms with Crippen molar-refractivity contribution in [3.8, 4) is 0 Å². The minimum atomic E-state index is 0.512. The molecule has 1 aromatic rings. The van der Waals surface area contributed by atoms with Gasteiger partial charge < -0.3 is 0 Å². The Labute approximate surface area is 92.3 Å². The second kappa shape index (κ2) is 4.84. The van der Waals surface area contributed by atoms with E-state index in [1.807, 2.05) is 12.1 Å². The summed E-state index contributed by atoms with van der Waals surface area (Å²) in [6.07, 6.45) is 1.12. The molecule has 0 radical (unpaired) electrons. The van der Waals surface area contributed by atoms with E-state index in [1.54, 1.807) is 0 Å². The maximum atomic E-state index is 6.21. The van der Waals surface area contributed by atoms with E-state index >= 15 is 0 Å². The molecule has 1 rings (SSSR count). The highest BCUT2D eigenvalue weighted by atomic mass is 35.5. The molecule has 0 aliphatic rings. The van der Waals surface area contributed by atoms with Crippen molar-refractivity contribution in [1.29, 1.82) is 0 Å². The number of hydrogen-bond donors (Lipinski definition) is 0. The van der Waals surface area contributed by atoms with Gasteiger partial charge in [-0.25, -0.2) is 0 Å². The summed E-state index contributed by atoms with van der Waals surface area (Å²) in [5, 5.41) is 0.915. The van der Waals surface area contributed by atoms with Gasteiger partial charge in [0.25, 0.3) is 0 Å². The maximum absolute atomic E-state index is 6.21. The highest BCUT2D eigenvalue weighted by Crippen LogP contribution is 2.29. The predicted octanol–water partition coefficient (Wildman–Crippen LogP) is 4.66. The van der Waals surface area contributed by atoms with Crippen molar-refractivity contribution >= 4 is 11.6 Å². The van der Waals surface area contributed by atoms with Gasteiger partial charge in [-0.3, -0.25) is 0 Å². The van der Waals surface area contributed by atoms with E-state index in [0.717, 1.165) is 11.4 Å².